The number of benzene rings is 3. The zero-order valence-corrected chi connectivity index (χ0v) is 25.1. The number of oxazole rings is 1. The summed E-state index contributed by atoms with van der Waals surface area (Å²) < 4.78 is 6.25. The molecule has 2 N–H and O–H groups in total. The maximum atomic E-state index is 11.4. The van der Waals surface area contributed by atoms with E-state index in [0.717, 1.165) is 53.3 Å². The summed E-state index contributed by atoms with van der Waals surface area (Å²) in [6.45, 7) is 8.09. The normalized spacial score (nSPS) is 17.2. The number of aromatic nitrogens is 2. The maximum Gasteiger partial charge on any atom is 0.307 e. The molecule has 0 amide bonds. The molecule has 2 aromatic heterocycles. The molecule has 0 spiro atoms. The standard InChI is InChI=1S/C33H31ClN4O3S/c1-18-22(23-6-4-8-25(19(23)2)32-37-27-9-11-35-15-29(27)42-32)5-3-7-24(18)31-36-28-14-20(13-26(34)30(28)41-31)16-38-12-10-21(17-38)33(39)40/h3-8,13-14,21,35H,9-12,15-17H2,1-2H3,(H,39,40)/t21-/m1/s1. The van der Waals surface area contributed by atoms with Crippen LogP contribution >= 0.6 is 22.9 Å². The van der Waals surface area contributed by atoms with Gasteiger partial charge in [-0.25, -0.2) is 9.97 Å². The zero-order valence-electron chi connectivity index (χ0n) is 23.5. The molecule has 0 saturated carbocycles. The second-order valence-corrected chi connectivity index (χ2v) is 12.8. The Hall–Kier alpha value is -3.56. The van der Waals surface area contributed by atoms with Crippen LogP contribution in [0, 0.1) is 19.8 Å². The number of carboxylic acids is 1. The van der Waals surface area contributed by atoms with Crippen molar-refractivity contribution >= 4 is 40.0 Å². The second-order valence-electron chi connectivity index (χ2n) is 11.3. The molecule has 4 heterocycles. The summed E-state index contributed by atoms with van der Waals surface area (Å²) in [7, 11) is 0. The molecular formula is C33H31ClN4O3S. The molecule has 7 nitrogen and oxygen atoms in total. The van der Waals surface area contributed by atoms with Crippen LogP contribution in [0.1, 0.15) is 33.7 Å². The molecule has 0 bridgehead atoms. The van der Waals surface area contributed by atoms with Crippen molar-refractivity contribution in [1.82, 2.24) is 20.2 Å². The van der Waals surface area contributed by atoms with Gasteiger partial charge in [0.15, 0.2) is 5.58 Å². The number of nitrogens with zero attached hydrogens (tertiary/aromatic N) is 3. The number of fused-ring (bicyclic) bond motifs is 2. The first kappa shape index (κ1) is 27.3. The van der Waals surface area contributed by atoms with E-state index >= 15 is 0 Å². The van der Waals surface area contributed by atoms with Gasteiger partial charge in [-0.05, 0) is 72.8 Å². The van der Waals surface area contributed by atoms with Crippen LogP contribution in [0.25, 0.3) is 44.3 Å². The molecule has 214 valence electrons. The summed E-state index contributed by atoms with van der Waals surface area (Å²) in [5.41, 5.74) is 10.2. The Bertz CT molecular complexity index is 1820. The van der Waals surface area contributed by atoms with E-state index < -0.39 is 5.97 Å². The number of rotatable bonds is 6. The van der Waals surface area contributed by atoms with Crippen LogP contribution in [0.4, 0.5) is 0 Å². The highest BCUT2D eigenvalue weighted by Crippen LogP contribution is 2.39. The van der Waals surface area contributed by atoms with Crippen molar-refractivity contribution in [2.45, 2.75) is 39.8 Å². The number of nitrogens with one attached hydrogen (secondary N) is 1. The fraction of sp³-hybridized carbons (Fsp3) is 0.303. The van der Waals surface area contributed by atoms with Crippen LogP contribution in [-0.2, 0) is 24.3 Å². The van der Waals surface area contributed by atoms with Gasteiger partial charge in [0.25, 0.3) is 0 Å². The van der Waals surface area contributed by atoms with E-state index in [4.69, 9.17) is 26.0 Å². The molecule has 2 aliphatic heterocycles. The molecule has 7 rings (SSSR count). The van der Waals surface area contributed by atoms with E-state index in [1.165, 1.54) is 27.3 Å². The number of likely N-dealkylation sites (tertiary alicyclic amines) is 1. The Balaban J connectivity index is 1.21. The van der Waals surface area contributed by atoms with Gasteiger partial charge in [-0.2, -0.15) is 0 Å². The summed E-state index contributed by atoms with van der Waals surface area (Å²) in [5, 5.41) is 14.4. The predicted octanol–water partition coefficient (Wildman–Crippen LogP) is 7.11. The summed E-state index contributed by atoms with van der Waals surface area (Å²) >= 11 is 8.46. The first-order valence-corrected chi connectivity index (χ1v) is 15.5. The average Bonchev–Trinajstić information content (AvgIpc) is 3.72. The highest BCUT2D eigenvalue weighted by Gasteiger charge is 2.28. The number of carboxylic acid groups (broad SMARTS) is 1. The molecule has 1 saturated heterocycles. The molecule has 1 fully saturated rings. The molecule has 3 aromatic carbocycles. The van der Waals surface area contributed by atoms with Gasteiger partial charge >= 0.3 is 5.97 Å². The Labute approximate surface area is 253 Å². The number of carbonyl (C=O) groups is 1. The summed E-state index contributed by atoms with van der Waals surface area (Å²) in [4.78, 5) is 24.7. The van der Waals surface area contributed by atoms with Gasteiger partial charge in [-0.15, -0.1) is 11.3 Å². The van der Waals surface area contributed by atoms with Gasteiger partial charge in [-0.3, -0.25) is 9.69 Å². The van der Waals surface area contributed by atoms with Gasteiger partial charge < -0.3 is 14.8 Å². The molecule has 0 unspecified atom stereocenters. The monoisotopic (exact) mass is 598 g/mol. The minimum Gasteiger partial charge on any atom is -0.481 e. The van der Waals surface area contributed by atoms with Crippen LogP contribution in [0.3, 0.4) is 0 Å². The molecule has 1 atom stereocenters. The fourth-order valence-corrected chi connectivity index (χ4v) is 7.68. The SMILES string of the molecule is Cc1c(-c2nc3cc(CN4CC[C@@H](C(=O)O)C4)cc(Cl)c3o2)cccc1-c1cccc(-c2nc3c(s2)CNCC3)c1C. The van der Waals surface area contributed by atoms with Crippen molar-refractivity contribution < 1.29 is 14.3 Å². The Morgan fingerprint density at radius 3 is 2.57 bits per heavy atom. The average molecular weight is 599 g/mol. The van der Waals surface area contributed by atoms with E-state index in [1.54, 1.807) is 11.3 Å². The molecular weight excluding hydrogens is 568 g/mol. The Morgan fingerprint density at radius 1 is 1.10 bits per heavy atom. The van der Waals surface area contributed by atoms with E-state index in [9.17, 15) is 9.90 Å². The molecule has 42 heavy (non-hydrogen) atoms. The van der Waals surface area contributed by atoms with Gasteiger partial charge in [0, 0.05) is 48.6 Å². The summed E-state index contributed by atoms with van der Waals surface area (Å²) in [5.74, 6) is -0.512. The third kappa shape index (κ3) is 4.92. The minimum atomic E-state index is -0.730. The molecule has 2 aliphatic rings. The number of aliphatic carboxylic acids is 1. The largest absolute Gasteiger partial charge is 0.481 e. The highest BCUT2D eigenvalue weighted by molar-refractivity contribution is 7.15. The lowest BCUT2D eigenvalue weighted by molar-refractivity contribution is -0.141. The predicted molar refractivity (Wildman–Crippen MR) is 167 cm³/mol. The van der Waals surface area contributed by atoms with E-state index in [2.05, 4.69) is 48.3 Å². The lowest BCUT2D eigenvalue weighted by Gasteiger charge is -2.15. The van der Waals surface area contributed by atoms with Crippen LogP contribution in [-0.4, -0.2) is 45.6 Å². The van der Waals surface area contributed by atoms with E-state index in [0.29, 0.717) is 41.5 Å². The third-order valence-corrected chi connectivity index (χ3v) is 9.96. The molecule has 5 aromatic rings. The van der Waals surface area contributed by atoms with Crippen LogP contribution in [0.5, 0.6) is 0 Å². The van der Waals surface area contributed by atoms with Crippen molar-refractivity contribution in [3.05, 3.63) is 80.8 Å². The maximum absolute atomic E-state index is 11.4. The lowest BCUT2D eigenvalue weighted by Crippen LogP contribution is -2.22. The first-order chi connectivity index (χ1) is 20.4. The van der Waals surface area contributed by atoms with Crippen molar-refractivity contribution in [2.24, 2.45) is 5.92 Å². The van der Waals surface area contributed by atoms with E-state index in [-0.39, 0.29) is 5.92 Å². The van der Waals surface area contributed by atoms with Gasteiger partial charge in [0.05, 0.1) is 16.6 Å². The number of hydrogen-bond acceptors (Lipinski definition) is 7. The van der Waals surface area contributed by atoms with Crippen molar-refractivity contribution in [3.8, 4) is 33.2 Å². The summed E-state index contributed by atoms with van der Waals surface area (Å²) in [6, 6.07) is 16.6. The third-order valence-electron chi connectivity index (χ3n) is 8.55. The quantitative estimate of drug-likeness (QED) is 0.215. The summed E-state index contributed by atoms with van der Waals surface area (Å²) in [6.07, 6.45) is 1.64. The van der Waals surface area contributed by atoms with Gasteiger partial charge in [0.2, 0.25) is 5.89 Å². The smallest absolute Gasteiger partial charge is 0.307 e. The lowest BCUT2D eigenvalue weighted by atomic mass is 9.91. The fourth-order valence-electron chi connectivity index (χ4n) is 6.25. The zero-order chi connectivity index (χ0) is 29.0. The minimum absolute atomic E-state index is 0.313. The second kappa shape index (κ2) is 10.9. The van der Waals surface area contributed by atoms with Gasteiger partial charge in [0.1, 0.15) is 10.5 Å². The Kier molecular flexibility index (Phi) is 7.10. The van der Waals surface area contributed by atoms with Crippen LogP contribution in [0.15, 0.2) is 52.9 Å². The van der Waals surface area contributed by atoms with Crippen LogP contribution < -0.4 is 5.32 Å². The number of thiazole rings is 1. The molecule has 0 radical (unpaired) electrons. The van der Waals surface area contributed by atoms with E-state index in [1.807, 2.05) is 24.3 Å². The highest BCUT2D eigenvalue weighted by atomic mass is 35.5. The number of halogens is 1. The van der Waals surface area contributed by atoms with Crippen molar-refractivity contribution in [2.75, 3.05) is 19.6 Å². The first-order valence-electron chi connectivity index (χ1n) is 14.3. The molecule has 0 aliphatic carbocycles. The van der Waals surface area contributed by atoms with Crippen molar-refractivity contribution in [1.29, 1.82) is 0 Å². The van der Waals surface area contributed by atoms with Gasteiger partial charge in [-0.1, -0.05) is 41.9 Å². The topological polar surface area (TPSA) is 91.5 Å². The van der Waals surface area contributed by atoms with Crippen molar-refractivity contribution in [3.63, 3.8) is 0 Å². The molecule has 9 heteroatoms. The van der Waals surface area contributed by atoms with Crippen LogP contribution in [0.2, 0.25) is 5.02 Å². The Morgan fingerprint density at radius 2 is 1.83 bits per heavy atom. The number of hydrogen-bond donors (Lipinski definition) is 2.